The second-order valence-corrected chi connectivity index (χ2v) is 5.92. The van der Waals surface area contributed by atoms with E-state index >= 15 is 0 Å². The molecule has 1 amide bonds. The van der Waals surface area contributed by atoms with E-state index in [0.29, 0.717) is 5.02 Å². The largest absolute Gasteiger partial charge is 0.326 e. The molecule has 1 aromatic carbocycles. The number of hydrogen-bond acceptors (Lipinski definition) is 2. The zero-order valence-corrected chi connectivity index (χ0v) is 11.4. The number of amides is 1. The lowest BCUT2D eigenvalue weighted by Crippen LogP contribution is -2.27. The maximum Gasteiger partial charge on any atom is 0.228 e. The maximum atomic E-state index is 12.0. The van der Waals surface area contributed by atoms with Gasteiger partial charge in [0.25, 0.3) is 0 Å². The number of benzene rings is 1. The zero-order valence-electron chi connectivity index (χ0n) is 9.83. The van der Waals surface area contributed by atoms with Crippen LogP contribution >= 0.6 is 23.4 Å². The summed E-state index contributed by atoms with van der Waals surface area (Å²) in [6.07, 6.45) is 2.13. The van der Waals surface area contributed by atoms with Gasteiger partial charge in [-0.1, -0.05) is 17.7 Å². The van der Waals surface area contributed by atoms with Gasteiger partial charge < -0.3 is 5.32 Å². The van der Waals surface area contributed by atoms with Crippen LogP contribution in [-0.4, -0.2) is 17.4 Å². The Hall–Kier alpha value is -0.670. The molecule has 0 spiro atoms. The van der Waals surface area contributed by atoms with Crippen LogP contribution in [0.5, 0.6) is 0 Å². The molecule has 0 saturated carbocycles. The quantitative estimate of drug-likeness (QED) is 0.886. The fourth-order valence-corrected chi connectivity index (χ4v) is 3.18. The van der Waals surface area contributed by atoms with Gasteiger partial charge in [-0.15, -0.1) is 0 Å². The fourth-order valence-electron chi connectivity index (χ4n) is 1.86. The molecule has 1 aromatic rings. The summed E-state index contributed by atoms with van der Waals surface area (Å²) in [6.45, 7) is 1.95. The summed E-state index contributed by atoms with van der Waals surface area (Å²) in [4.78, 5) is 12.0. The van der Waals surface area contributed by atoms with Crippen molar-refractivity contribution in [2.45, 2.75) is 19.8 Å². The summed E-state index contributed by atoms with van der Waals surface area (Å²) in [5.41, 5.74) is 1.82. The molecule has 17 heavy (non-hydrogen) atoms. The molecule has 1 unspecified atom stereocenters. The lowest BCUT2D eigenvalue weighted by molar-refractivity contribution is -0.119. The highest BCUT2D eigenvalue weighted by Gasteiger charge is 2.21. The zero-order chi connectivity index (χ0) is 12.3. The molecule has 0 aliphatic carbocycles. The third-order valence-corrected chi connectivity index (χ3v) is 4.59. The number of anilines is 1. The minimum atomic E-state index is 0.122. The van der Waals surface area contributed by atoms with Crippen molar-refractivity contribution < 1.29 is 4.79 Å². The van der Waals surface area contributed by atoms with Gasteiger partial charge >= 0.3 is 0 Å². The molecule has 2 rings (SSSR count). The molecule has 0 aromatic heterocycles. The normalized spacial score (nSPS) is 20.0. The fraction of sp³-hybridized carbons (Fsp3) is 0.462. The first-order valence-corrected chi connectivity index (χ1v) is 7.35. The molecule has 92 valence electrons. The van der Waals surface area contributed by atoms with E-state index in [1.165, 1.54) is 5.75 Å². The molecule has 1 aliphatic rings. The lowest BCUT2D eigenvalue weighted by Gasteiger charge is -2.20. The number of carbonyl (C=O) groups is 1. The van der Waals surface area contributed by atoms with Gasteiger partial charge in [0.15, 0.2) is 0 Å². The Morgan fingerprint density at radius 1 is 1.53 bits per heavy atom. The van der Waals surface area contributed by atoms with Gasteiger partial charge in [-0.3, -0.25) is 4.79 Å². The van der Waals surface area contributed by atoms with Crippen LogP contribution in [0, 0.1) is 12.8 Å². The van der Waals surface area contributed by atoms with E-state index in [1.807, 2.05) is 36.9 Å². The van der Waals surface area contributed by atoms with Crippen molar-refractivity contribution in [2.75, 3.05) is 16.8 Å². The van der Waals surface area contributed by atoms with E-state index in [9.17, 15) is 4.79 Å². The van der Waals surface area contributed by atoms with E-state index in [0.717, 1.165) is 29.8 Å². The number of aryl methyl sites for hydroxylation is 1. The minimum absolute atomic E-state index is 0.122. The molecule has 1 N–H and O–H groups in total. The van der Waals surface area contributed by atoms with E-state index in [-0.39, 0.29) is 11.8 Å². The molecular weight excluding hydrogens is 254 g/mol. The maximum absolute atomic E-state index is 12.0. The highest BCUT2D eigenvalue weighted by atomic mass is 35.5. The first kappa shape index (κ1) is 12.8. The van der Waals surface area contributed by atoms with Gasteiger partial charge in [-0.05, 0) is 43.2 Å². The molecule has 0 bridgehead atoms. The van der Waals surface area contributed by atoms with Gasteiger partial charge in [0.1, 0.15) is 0 Å². The highest BCUT2D eigenvalue weighted by molar-refractivity contribution is 7.99. The third-order valence-electron chi connectivity index (χ3n) is 2.97. The molecule has 2 nitrogen and oxygen atoms in total. The summed E-state index contributed by atoms with van der Waals surface area (Å²) in [5.74, 6) is 2.39. The van der Waals surface area contributed by atoms with Crippen molar-refractivity contribution in [1.29, 1.82) is 0 Å². The van der Waals surface area contributed by atoms with Gasteiger partial charge in [-0.25, -0.2) is 0 Å². The number of halogens is 1. The Morgan fingerprint density at radius 2 is 2.35 bits per heavy atom. The van der Waals surface area contributed by atoms with Gasteiger partial charge in [-0.2, -0.15) is 11.8 Å². The predicted molar refractivity (Wildman–Crippen MR) is 74.9 cm³/mol. The average molecular weight is 270 g/mol. The Bertz CT molecular complexity index is 416. The van der Waals surface area contributed by atoms with Crippen molar-refractivity contribution in [3.8, 4) is 0 Å². The van der Waals surface area contributed by atoms with Crippen molar-refractivity contribution >= 4 is 35.0 Å². The predicted octanol–water partition coefficient (Wildman–Crippen LogP) is 3.73. The van der Waals surface area contributed by atoms with Crippen LogP contribution in [0.2, 0.25) is 5.02 Å². The molecule has 0 radical (unpaired) electrons. The molecule has 1 saturated heterocycles. The SMILES string of the molecule is Cc1ccc(NC(=O)C2CCCSC2)cc1Cl. The molecule has 1 atom stereocenters. The van der Waals surface area contributed by atoms with Crippen molar-refractivity contribution in [3.63, 3.8) is 0 Å². The summed E-state index contributed by atoms with van der Waals surface area (Å²) in [6, 6.07) is 5.63. The molecular formula is C13H16ClNOS. The second-order valence-electron chi connectivity index (χ2n) is 4.37. The highest BCUT2D eigenvalue weighted by Crippen LogP contribution is 2.25. The van der Waals surface area contributed by atoms with E-state index in [2.05, 4.69) is 5.32 Å². The van der Waals surface area contributed by atoms with Gasteiger partial charge in [0.2, 0.25) is 5.91 Å². The first-order valence-electron chi connectivity index (χ1n) is 5.81. The van der Waals surface area contributed by atoms with Crippen LogP contribution in [0.3, 0.4) is 0 Å². The number of rotatable bonds is 2. The monoisotopic (exact) mass is 269 g/mol. The van der Waals surface area contributed by atoms with Gasteiger partial charge in [0.05, 0.1) is 0 Å². The van der Waals surface area contributed by atoms with Gasteiger partial charge in [0, 0.05) is 22.4 Å². The van der Waals surface area contributed by atoms with Crippen LogP contribution in [0.4, 0.5) is 5.69 Å². The molecule has 4 heteroatoms. The number of carbonyl (C=O) groups excluding carboxylic acids is 1. The summed E-state index contributed by atoms with van der Waals surface area (Å²) >= 11 is 7.89. The number of nitrogens with one attached hydrogen (secondary N) is 1. The standard InChI is InChI=1S/C13H16ClNOS/c1-9-4-5-11(7-12(9)14)15-13(16)10-3-2-6-17-8-10/h4-5,7,10H,2-3,6,8H2,1H3,(H,15,16). The van der Waals surface area contributed by atoms with Crippen LogP contribution < -0.4 is 5.32 Å². The number of hydrogen-bond donors (Lipinski definition) is 1. The first-order chi connectivity index (χ1) is 8.16. The Morgan fingerprint density at radius 3 is 3.00 bits per heavy atom. The van der Waals surface area contributed by atoms with Crippen LogP contribution in [0.15, 0.2) is 18.2 Å². The summed E-state index contributed by atoms with van der Waals surface area (Å²) < 4.78 is 0. The van der Waals surface area contributed by atoms with Crippen molar-refractivity contribution in [1.82, 2.24) is 0 Å². The van der Waals surface area contributed by atoms with E-state index in [4.69, 9.17) is 11.6 Å². The number of thioether (sulfide) groups is 1. The lowest BCUT2D eigenvalue weighted by atomic mass is 10.0. The second kappa shape index (κ2) is 5.78. The Labute approximate surface area is 111 Å². The molecule has 1 heterocycles. The topological polar surface area (TPSA) is 29.1 Å². The third kappa shape index (κ3) is 3.39. The van der Waals surface area contributed by atoms with Crippen LogP contribution in [0.25, 0.3) is 0 Å². The molecule has 1 aliphatic heterocycles. The summed E-state index contributed by atoms with van der Waals surface area (Å²) in [5, 5.41) is 3.64. The minimum Gasteiger partial charge on any atom is -0.326 e. The summed E-state index contributed by atoms with van der Waals surface area (Å²) in [7, 11) is 0. The Balaban J connectivity index is 1.99. The van der Waals surface area contributed by atoms with Crippen molar-refractivity contribution in [2.24, 2.45) is 5.92 Å². The van der Waals surface area contributed by atoms with E-state index in [1.54, 1.807) is 0 Å². The van der Waals surface area contributed by atoms with Crippen molar-refractivity contribution in [3.05, 3.63) is 28.8 Å². The molecule has 1 fully saturated rings. The Kier molecular flexibility index (Phi) is 4.35. The average Bonchev–Trinajstić information content (AvgIpc) is 2.35. The van der Waals surface area contributed by atoms with Crippen LogP contribution in [-0.2, 0) is 4.79 Å². The smallest absolute Gasteiger partial charge is 0.228 e. The van der Waals surface area contributed by atoms with Crippen LogP contribution in [0.1, 0.15) is 18.4 Å². The van der Waals surface area contributed by atoms with E-state index < -0.39 is 0 Å².